The van der Waals surface area contributed by atoms with Gasteiger partial charge in [-0.05, 0) is 48.6 Å². The van der Waals surface area contributed by atoms with E-state index in [1.807, 2.05) is 30.3 Å². The van der Waals surface area contributed by atoms with Gasteiger partial charge in [0.2, 0.25) is 0 Å². The molecule has 2 aromatic carbocycles. The third-order valence-electron chi connectivity index (χ3n) is 3.30. The van der Waals surface area contributed by atoms with Crippen molar-refractivity contribution in [1.29, 1.82) is 5.26 Å². The molecule has 5 heteroatoms. The second-order valence-corrected chi connectivity index (χ2v) is 10.5. The average molecular weight is 315 g/mol. The van der Waals surface area contributed by atoms with E-state index >= 15 is 0 Å². The summed E-state index contributed by atoms with van der Waals surface area (Å²) in [5, 5.41) is 11.5. The zero-order valence-corrected chi connectivity index (χ0v) is 14.6. The lowest BCUT2D eigenvalue weighted by Gasteiger charge is -2.24. The zero-order valence-electron chi connectivity index (χ0n) is 13.6. The molecule has 2 aromatic rings. The predicted octanol–water partition coefficient (Wildman–Crippen LogP) is 4.27. The first-order valence-corrected chi connectivity index (χ1v) is 10.5. The Morgan fingerprint density at radius 2 is 1.77 bits per heavy atom. The summed E-state index contributed by atoms with van der Waals surface area (Å²) in [6.07, 6.45) is -0.640. The maximum absolute atomic E-state index is 9.59. The van der Waals surface area contributed by atoms with Crippen molar-refractivity contribution in [3.8, 4) is 17.6 Å². The van der Waals surface area contributed by atoms with Gasteiger partial charge in [0.25, 0.3) is 0 Å². The number of nitriles is 1. The Hall–Kier alpha value is -2.03. The molecule has 0 saturated heterocycles. The maximum Gasteiger partial charge on any atom is 0.186 e. The summed E-state index contributed by atoms with van der Waals surface area (Å²) < 4.78 is 16.8. The Kier molecular flexibility index (Phi) is 4.74. The number of hydrogen-bond donors (Lipinski definition) is 0. The van der Waals surface area contributed by atoms with E-state index in [4.69, 9.17) is 13.9 Å². The molecule has 0 radical (unpaired) electrons. The normalized spacial score (nSPS) is 12.7. The van der Waals surface area contributed by atoms with Crippen molar-refractivity contribution in [1.82, 2.24) is 0 Å². The molecule has 0 aromatic heterocycles. The van der Waals surface area contributed by atoms with Crippen LogP contribution in [0.4, 0.5) is 0 Å². The summed E-state index contributed by atoms with van der Waals surface area (Å²) in [5.74, 6) is 1.45. The zero-order chi connectivity index (χ0) is 16.3. The summed E-state index contributed by atoms with van der Waals surface area (Å²) in [4.78, 5) is 0. The second kappa shape index (κ2) is 6.38. The minimum atomic E-state index is -1.87. The van der Waals surface area contributed by atoms with E-state index in [0.717, 1.165) is 22.1 Å². The van der Waals surface area contributed by atoms with Crippen LogP contribution in [0, 0.1) is 11.3 Å². The highest BCUT2D eigenvalue weighted by Gasteiger charge is 2.26. The molecular weight excluding hydrogens is 294 g/mol. The van der Waals surface area contributed by atoms with Gasteiger partial charge in [0.1, 0.15) is 11.5 Å². The molecule has 116 valence electrons. The number of benzene rings is 2. The van der Waals surface area contributed by atoms with Crippen LogP contribution in [-0.4, -0.2) is 22.5 Å². The Balaban J connectivity index is 2.65. The van der Waals surface area contributed by atoms with Gasteiger partial charge in [-0.3, -0.25) is 0 Å². The van der Waals surface area contributed by atoms with Crippen LogP contribution in [0.3, 0.4) is 0 Å². The van der Waals surface area contributed by atoms with Crippen molar-refractivity contribution in [3.63, 3.8) is 0 Å². The Labute approximate surface area is 132 Å². The lowest BCUT2D eigenvalue weighted by atomic mass is 9.99. The molecule has 0 saturated carbocycles. The van der Waals surface area contributed by atoms with E-state index < -0.39 is 14.4 Å². The molecule has 0 heterocycles. The topological polar surface area (TPSA) is 51.5 Å². The number of fused-ring (bicyclic) bond motifs is 1. The van der Waals surface area contributed by atoms with Crippen molar-refractivity contribution in [2.45, 2.75) is 25.7 Å². The monoisotopic (exact) mass is 315 g/mol. The fraction of sp³-hybridized carbons (Fsp3) is 0.353. The summed E-state index contributed by atoms with van der Waals surface area (Å²) >= 11 is 0. The molecule has 0 aliphatic carbocycles. The van der Waals surface area contributed by atoms with Crippen molar-refractivity contribution in [2.24, 2.45) is 0 Å². The van der Waals surface area contributed by atoms with Crippen LogP contribution < -0.4 is 9.47 Å². The number of methoxy groups -OCH3 is 2. The molecule has 22 heavy (non-hydrogen) atoms. The van der Waals surface area contributed by atoms with E-state index in [2.05, 4.69) is 25.7 Å². The highest BCUT2D eigenvalue weighted by molar-refractivity contribution is 6.69. The number of hydrogen-bond acceptors (Lipinski definition) is 4. The standard InChI is InChI=1S/C17H21NO3Si/c1-19-13-7-8-14-12(10-13)6-9-15(20-2)17(14)16(11-18)21-22(3,4)5/h6-10,16H,1-5H3. The van der Waals surface area contributed by atoms with Crippen LogP contribution in [0.1, 0.15) is 11.7 Å². The maximum atomic E-state index is 9.59. The van der Waals surface area contributed by atoms with Crippen LogP contribution in [0.2, 0.25) is 19.6 Å². The molecule has 0 fully saturated rings. The predicted molar refractivity (Wildman–Crippen MR) is 89.8 cm³/mol. The van der Waals surface area contributed by atoms with Crippen molar-refractivity contribution in [2.75, 3.05) is 14.2 Å². The van der Waals surface area contributed by atoms with Gasteiger partial charge in [0, 0.05) is 5.56 Å². The first-order valence-electron chi connectivity index (χ1n) is 7.11. The summed E-state index contributed by atoms with van der Waals surface area (Å²) in [6, 6.07) is 11.9. The highest BCUT2D eigenvalue weighted by Crippen LogP contribution is 2.37. The largest absolute Gasteiger partial charge is 0.497 e. The van der Waals surface area contributed by atoms with E-state index in [1.165, 1.54) is 0 Å². The minimum Gasteiger partial charge on any atom is -0.497 e. The molecule has 1 unspecified atom stereocenters. The molecule has 4 nitrogen and oxygen atoms in total. The van der Waals surface area contributed by atoms with Crippen LogP contribution in [0.5, 0.6) is 11.5 Å². The number of ether oxygens (including phenoxy) is 2. The molecule has 0 aliphatic rings. The Bertz CT molecular complexity index is 716. The molecule has 1 atom stereocenters. The Morgan fingerprint density at radius 3 is 2.32 bits per heavy atom. The van der Waals surface area contributed by atoms with Gasteiger partial charge in [-0.25, -0.2) is 0 Å². The Morgan fingerprint density at radius 1 is 1.05 bits per heavy atom. The van der Waals surface area contributed by atoms with Crippen molar-refractivity contribution < 1.29 is 13.9 Å². The molecule has 0 amide bonds. The third-order valence-corrected chi connectivity index (χ3v) is 4.24. The van der Waals surface area contributed by atoms with Gasteiger partial charge in [-0.1, -0.05) is 12.1 Å². The van der Waals surface area contributed by atoms with E-state index in [0.29, 0.717) is 5.75 Å². The first-order chi connectivity index (χ1) is 10.4. The van der Waals surface area contributed by atoms with Gasteiger partial charge in [0.05, 0.1) is 20.3 Å². The van der Waals surface area contributed by atoms with Crippen LogP contribution in [-0.2, 0) is 4.43 Å². The van der Waals surface area contributed by atoms with Gasteiger partial charge in [-0.15, -0.1) is 0 Å². The number of nitrogens with zero attached hydrogens (tertiary/aromatic N) is 1. The molecule has 0 N–H and O–H groups in total. The number of rotatable bonds is 5. The quantitative estimate of drug-likeness (QED) is 0.773. The van der Waals surface area contributed by atoms with Crippen LogP contribution >= 0.6 is 0 Å². The van der Waals surface area contributed by atoms with Crippen molar-refractivity contribution in [3.05, 3.63) is 35.9 Å². The van der Waals surface area contributed by atoms with Crippen LogP contribution in [0.25, 0.3) is 10.8 Å². The molecular formula is C17H21NO3Si. The summed E-state index contributed by atoms with van der Waals surface area (Å²) in [5.41, 5.74) is 0.785. The summed E-state index contributed by atoms with van der Waals surface area (Å²) in [7, 11) is 1.38. The van der Waals surface area contributed by atoms with E-state index in [9.17, 15) is 5.26 Å². The molecule has 2 rings (SSSR count). The molecule has 0 aliphatic heterocycles. The molecule has 0 bridgehead atoms. The van der Waals surface area contributed by atoms with Gasteiger partial charge < -0.3 is 13.9 Å². The van der Waals surface area contributed by atoms with Crippen LogP contribution in [0.15, 0.2) is 30.3 Å². The third kappa shape index (κ3) is 3.41. The average Bonchev–Trinajstić information content (AvgIpc) is 2.50. The fourth-order valence-corrected chi connectivity index (χ4v) is 3.27. The smallest absolute Gasteiger partial charge is 0.186 e. The van der Waals surface area contributed by atoms with Gasteiger partial charge >= 0.3 is 0 Å². The SMILES string of the molecule is COc1ccc2c(C(C#N)O[Si](C)(C)C)c(OC)ccc2c1. The second-order valence-electron chi connectivity index (χ2n) is 6.01. The lowest BCUT2D eigenvalue weighted by molar-refractivity contribution is 0.250. The minimum absolute atomic E-state index is 0.640. The highest BCUT2D eigenvalue weighted by atomic mass is 28.4. The van der Waals surface area contributed by atoms with E-state index in [1.54, 1.807) is 14.2 Å². The van der Waals surface area contributed by atoms with Crippen molar-refractivity contribution >= 4 is 19.1 Å². The van der Waals surface area contributed by atoms with E-state index in [-0.39, 0.29) is 0 Å². The molecule has 0 spiro atoms. The fourth-order valence-electron chi connectivity index (χ4n) is 2.39. The van der Waals surface area contributed by atoms with Gasteiger partial charge in [0.15, 0.2) is 14.4 Å². The lowest BCUT2D eigenvalue weighted by Crippen LogP contribution is -2.27. The van der Waals surface area contributed by atoms with Gasteiger partial charge in [-0.2, -0.15) is 5.26 Å². The first kappa shape index (κ1) is 16.3. The summed E-state index contributed by atoms with van der Waals surface area (Å²) in [6.45, 7) is 6.20.